The fraction of sp³-hybridized carbons (Fsp3) is 0.556. The fourth-order valence-corrected chi connectivity index (χ4v) is 5.47. The van der Waals surface area contributed by atoms with Crippen LogP contribution in [0.25, 0.3) is 16.9 Å². The number of hydrogen-bond donors (Lipinski definition) is 2. The van der Waals surface area contributed by atoms with Gasteiger partial charge in [-0.3, -0.25) is 9.36 Å². The molecule has 1 atom stereocenters. The molecule has 0 spiro atoms. The zero-order valence-electron chi connectivity index (χ0n) is 21.7. The predicted octanol–water partition coefficient (Wildman–Crippen LogP) is 3.61. The molecule has 1 amide bonds. The first-order valence-electron chi connectivity index (χ1n) is 13.7. The van der Waals surface area contributed by atoms with Crippen molar-refractivity contribution in [1.82, 2.24) is 24.8 Å². The number of aromatic nitrogens is 4. The van der Waals surface area contributed by atoms with E-state index in [1.807, 2.05) is 4.90 Å². The third kappa shape index (κ3) is 5.81. The van der Waals surface area contributed by atoms with Gasteiger partial charge in [-0.2, -0.15) is 9.97 Å². The molecule has 1 saturated carbocycles. The molecule has 10 nitrogen and oxygen atoms in total. The van der Waals surface area contributed by atoms with E-state index in [4.69, 9.17) is 19.4 Å². The Bertz CT molecular complexity index is 1300. The van der Waals surface area contributed by atoms with Crippen molar-refractivity contribution in [3.63, 3.8) is 0 Å². The van der Waals surface area contributed by atoms with Crippen LogP contribution in [-0.2, 0) is 14.3 Å². The summed E-state index contributed by atoms with van der Waals surface area (Å²) in [5, 5.41) is 6.54. The highest BCUT2D eigenvalue weighted by molar-refractivity contribution is 5.78. The SMILES string of the molecule is O=C(CC1CCCCO1)NC1CC(Nc2cc(-n3c(C(F)F)nc4ccccc43)nc(N3CCOCC3)n2)C1. The van der Waals surface area contributed by atoms with Crippen LogP contribution in [0.3, 0.4) is 0 Å². The average Bonchev–Trinajstić information content (AvgIpc) is 3.33. The van der Waals surface area contributed by atoms with Crippen LogP contribution in [0.5, 0.6) is 0 Å². The molecule has 3 aliphatic rings. The van der Waals surface area contributed by atoms with Crippen molar-refractivity contribution in [1.29, 1.82) is 0 Å². The summed E-state index contributed by atoms with van der Waals surface area (Å²) in [7, 11) is 0. The van der Waals surface area contributed by atoms with E-state index in [0.717, 1.165) is 38.7 Å². The molecule has 12 heteroatoms. The lowest BCUT2D eigenvalue weighted by molar-refractivity contribution is -0.126. The van der Waals surface area contributed by atoms with Gasteiger partial charge in [-0.05, 0) is 44.2 Å². The first-order valence-corrected chi connectivity index (χ1v) is 13.7. The number of rotatable bonds is 8. The van der Waals surface area contributed by atoms with Crippen LogP contribution < -0.4 is 15.5 Å². The Morgan fingerprint density at radius 2 is 1.87 bits per heavy atom. The quantitative estimate of drug-likeness (QED) is 0.446. The molecule has 1 aliphatic carbocycles. The highest BCUT2D eigenvalue weighted by atomic mass is 19.3. The van der Waals surface area contributed by atoms with Gasteiger partial charge in [0.2, 0.25) is 11.9 Å². The number of carbonyl (C=O) groups excluding carboxylic acids is 1. The van der Waals surface area contributed by atoms with E-state index in [1.54, 1.807) is 30.3 Å². The Labute approximate surface area is 225 Å². The van der Waals surface area contributed by atoms with Crippen LogP contribution in [-0.4, -0.2) is 76.5 Å². The number of nitrogens with zero attached hydrogens (tertiary/aromatic N) is 5. The molecule has 2 N–H and O–H groups in total. The number of anilines is 2. The smallest absolute Gasteiger partial charge is 0.296 e. The number of fused-ring (bicyclic) bond motifs is 1. The number of benzene rings is 1. The number of alkyl halides is 2. The fourth-order valence-electron chi connectivity index (χ4n) is 5.47. The van der Waals surface area contributed by atoms with Crippen LogP contribution >= 0.6 is 0 Å². The summed E-state index contributed by atoms with van der Waals surface area (Å²) in [6.45, 7) is 3.04. The van der Waals surface area contributed by atoms with Crippen molar-refractivity contribution in [3.8, 4) is 5.82 Å². The second-order valence-corrected chi connectivity index (χ2v) is 10.4. The van der Waals surface area contributed by atoms with Crippen LogP contribution in [0.4, 0.5) is 20.5 Å². The minimum atomic E-state index is -2.77. The Morgan fingerprint density at radius 3 is 2.64 bits per heavy atom. The summed E-state index contributed by atoms with van der Waals surface area (Å²) in [6.07, 6.45) is 2.25. The molecule has 39 heavy (non-hydrogen) atoms. The molecular formula is C27H33F2N7O3. The summed E-state index contributed by atoms with van der Waals surface area (Å²) in [5.41, 5.74) is 1.03. The third-order valence-corrected chi connectivity index (χ3v) is 7.55. The Hall–Kier alpha value is -3.38. The summed E-state index contributed by atoms with van der Waals surface area (Å²) in [5.74, 6) is 0.991. The first kappa shape index (κ1) is 25.9. The maximum Gasteiger partial charge on any atom is 0.296 e. The van der Waals surface area contributed by atoms with Crippen molar-refractivity contribution in [2.45, 2.75) is 63.1 Å². The van der Waals surface area contributed by atoms with Gasteiger partial charge < -0.3 is 25.0 Å². The molecule has 0 radical (unpaired) electrons. The van der Waals surface area contributed by atoms with E-state index in [2.05, 4.69) is 15.6 Å². The van der Waals surface area contributed by atoms with Gasteiger partial charge in [-0.1, -0.05) is 12.1 Å². The van der Waals surface area contributed by atoms with Crippen LogP contribution in [0, 0.1) is 0 Å². The van der Waals surface area contributed by atoms with Gasteiger partial charge in [-0.15, -0.1) is 0 Å². The summed E-state index contributed by atoms with van der Waals surface area (Å²) >= 11 is 0. The molecule has 1 unspecified atom stereocenters. The van der Waals surface area contributed by atoms with Crippen LogP contribution in [0.2, 0.25) is 0 Å². The highest BCUT2D eigenvalue weighted by Gasteiger charge is 2.32. The van der Waals surface area contributed by atoms with Gasteiger partial charge in [0.15, 0.2) is 5.82 Å². The minimum absolute atomic E-state index is 0.0168. The number of para-hydroxylation sites is 2. The second-order valence-electron chi connectivity index (χ2n) is 10.4. The molecule has 2 saturated heterocycles. The number of imidazole rings is 1. The maximum atomic E-state index is 14.1. The van der Waals surface area contributed by atoms with E-state index in [0.29, 0.717) is 61.3 Å². The number of ether oxygens (including phenoxy) is 2. The standard InChI is InChI=1S/C27H33F2N7O3/c28-25(29)26-32-20-6-1-2-7-21(20)36(26)23-16-22(33-27(34-23)35-8-11-38-12-9-35)30-17-13-18(14-17)31-24(37)15-19-5-3-4-10-39-19/h1-2,6-7,16-19,25H,3-5,8-15H2,(H,31,37)(H,30,33,34). The molecule has 2 aromatic heterocycles. The normalized spacial score (nSPS) is 23.6. The van der Waals surface area contributed by atoms with Gasteiger partial charge in [0.05, 0.1) is 36.8 Å². The van der Waals surface area contributed by atoms with E-state index in [1.165, 1.54) is 4.57 Å². The molecule has 3 aromatic rings. The van der Waals surface area contributed by atoms with Crippen molar-refractivity contribution in [2.75, 3.05) is 43.1 Å². The molecule has 6 rings (SSSR count). The van der Waals surface area contributed by atoms with Crippen molar-refractivity contribution in [3.05, 3.63) is 36.2 Å². The minimum Gasteiger partial charge on any atom is -0.378 e. The number of hydrogen-bond acceptors (Lipinski definition) is 8. The van der Waals surface area contributed by atoms with Gasteiger partial charge in [-0.25, -0.2) is 13.8 Å². The Morgan fingerprint density at radius 1 is 1.05 bits per heavy atom. The van der Waals surface area contributed by atoms with Crippen molar-refractivity contribution >= 4 is 28.7 Å². The van der Waals surface area contributed by atoms with Crippen molar-refractivity contribution < 1.29 is 23.0 Å². The molecule has 208 valence electrons. The molecule has 3 fully saturated rings. The van der Waals surface area contributed by atoms with Gasteiger partial charge in [0, 0.05) is 37.8 Å². The summed E-state index contributed by atoms with van der Waals surface area (Å²) < 4.78 is 40.7. The van der Waals surface area contributed by atoms with Crippen LogP contribution in [0.15, 0.2) is 30.3 Å². The lowest BCUT2D eigenvalue weighted by atomic mass is 9.86. The number of carbonyl (C=O) groups is 1. The number of morpholine rings is 1. The highest BCUT2D eigenvalue weighted by Crippen LogP contribution is 2.30. The van der Waals surface area contributed by atoms with Gasteiger partial charge in [0.1, 0.15) is 11.6 Å². The number of nitrogens with one attached hydrogen (secondary N) is 2. The third-order valence-electron chi connectivity index (χ3n) is 7.55. The van der Waals surface area contributed by atoms with Crippen molar-refractivity contribution in [2.24, 2.45) is 0 Å². The second kappa shape index (κ2) is 11.4. The average molecular weight is 542 g/mol. The van der Waals surface area contributed by atoms with E-state index in [-0.39, 0.29) is 29.9 Å². The zero-order chi connectivity index (χ0) is 26.8. The van der Waals surface area contributed by atoms with E-state index >= 15 is 0 Å². The molecule has 1 aromatic carbocycles. The Balaban J connectivity index is 1.20. The predicted molar refractivity (Wildman–Crippen MR) is 141 cm³/mol. The lowest BCUT2D eigenvalue weighted by Crippen LogP contribution is -2.50. The number of halogens is 2. The molecule has 0 bridgehead atoms. The summed E-state index contributed by atoms with van der Waals surface area (Å²) in [4.78, 5) is 28.0. The molecular weight excluding hydrogens is 508 g/mol. The summed E-state index contributed by atoms with van der Waals surface area (Å²) in [6, 6.07) is 8.91. The van der Waals surface area contributed by atoms with Gasteiger partial charge >= 0.3 is 0 Å². The molecule has 4 heterocycles. The lowest BCUT2D eigenvalue weighted by Gasteiger charge is -2.37. The maximum absolute atomic E-state index is 14.1. The van der Waals surface area contributed by atoms with Gasteiger partial charge in [0.25, 0.3) is 6.43 Å². The Kier molecular flexibility index (Phi) is 7.55. The first-order chi connectivity index (χ1) is 19.0. The zero-order valence-corrected chi connectivity index (χ0v) is 21.7. The van der Waals surface area contributed by atoms with Crippen LogP contribution in [0.1, 0.15) is 50.8 Å². The topological polar surface area (TPSA) is 106 Å². The monoisotopic (exact) mass is 541 g/mol. The number of amides is 1. The molecule has 2 aliphatic heterocycles. The largest absolute Gasteiger partial charge is 0.378 e. The van der Waals surface area contributed by atoms with E-state index in [9.17, 15) is 13.6 Å². The van der Waals surface area contributed by atoms with E-state index < -0.39 is 6.43 Å².